The van der Waals surface area contributed by atoms with Crippen LogP contribution in [-0.2, 0) is 11.2 Å². The fraction of sp³-hybridized carbons (Fsp3) is 0.235. The Kier molecular flexibility index (Phi) is 4.53. The lowest BCUT2D eigenvalue weighted by Gasteiger charge is -2.11. The molecule has 0 saturated carbocycles. The molecule has 0 radical (unpaired) electrons. The van der Waals surface area contributed by atoms with Gasteiger partial charge in [0, 0.05) is 6.04 Å². The Morgan fingerprint density at radius 3 is 2.40 bits per heavy atom. The molecule has 1 atom stereocenters. The minimum atomic E-state index is -0.874. The van der Waals surface area contributed by atoms with Crippen LogP contribution >= 0.6 is 0 Å². The highest BCUT2D eigenvalue weighted by Crippen LogP contribution is 2.18. The molecule has 0 amide bonds. The highest BCUT2D eigenvalue weighted by Gasteiger charge is 2.10. The van der Waals surface area contributed by atoms with Gasteiger partial charge in [-0.3, -0.25) is 4.79 Å². The predicted octanol–water partition coefficient (Wildman–Crippen LogP) is 3.06. The molecule has 2 rings (SSSR count). The average molecular weight is 269 g/mol. The number of rotatable bonds is 5. The third-order valence-electron chi connectivity index (χ3n) is 3.46. The summed E-state index contributed by atoms with van der Waals surface area (Å²) in [5, 5.41) is 8.75. The third kappa shape index (κ3) is 3.68. The van der Waals surface area contributed by atoms with E-state index < -0.39 is 12.0 Å². The van der Waals surface area contributed by atoms with E-state index in [4.69, 9.17) is 10.8 Å². The zero-order chi connectivity index (χ0) is 14.5. The number of benzene rings is 2. The Morgan fingerprint density at radius 1 is 1.15 bits per heavy atom. The molecule has 2 aromatic rings. The molecule has 0 heterocycles. The summed E-state index contributed by atoms with van der Waals surface area (Å²) in [6.45, 7) is 2.10. The van der Waals surface area contributed by atoms with E-state index in [9.17, 15) is 4.79 Å². The summed E-state index contributed by atoms with van der Waals surface area (Å²) in [7, 11) is 0. The minimum absolute atomic E-state index is 0.0445. The lowest BCUT2D eigenvalue weighted by atomic mass is 9.98. The van der Waals surface area contributed by atoms with E-state index in [1.54, 1.807) is 0 Å². The Morgan fingerprint density at radius 2 is 1.80 bits per heavy atom. The third-order valence-corrected chi connectivity index (χ3v) is 3.46. The molecule has 3 heteroatoms. The van der Waals surface area contributed by atoms with E-state index in [1.807, 2.05) is 36.4 Å². The van der Waals surface area contributed by atoms with Gasteiger partial charge in [0.05, 0.1) is 6.42 Å². The smallest absolute Gasteiger partial charge is 0.305 e. The molecule has 3 nitrogen and oxygen atoms in total. The van der Waals surface area contributed by atoms with Crippen molar-refractivity contribution in [2.75, 3.05) is 0 Å². The summed E-state index contributed by atoms with van der Waals surface area (Å²) < 4.78 is 0. The lowest BCUT2D eigenvalue weighted by molar-refractivity contribution is -0.137. The molecule has 0 aliphatic heterocycles. The van der Waals surface area contributed by atoms with Crippen molar-refractivity contribution in [3.8, 4) is 0 Å². The van der Waals surface area contributed by atoms with Crippen molar-refractivity contribution in [1.82, 2.24) is 0 Å². The molecule has 0 aliphatic rings. The van der Waals surface area contributed by atoms with Crippen molar-refractivity contribution in [2.45, 2.75) is 25.8 Å². The van der Waals surface area contributed by atoms with Crippen molar-refractivity contribution in [3.63, 3.8) is 0 Å². The summed E-state index contributed by atoms with van der Waals surface area (Å²) in [6.07, 6.45) is 0.832. The van der Waals surface area contributed by atoms with Crippen molar-refractivity contribution >= 4 is 5.97 Å². The largest absolute Gasteiger partial charge is 0.481 e. The first-order valence-corrected chi connectivity index (χ1v) is 6.67. The molecular weight excluding hydrogens is 250 g/mol. The van der Waals surface area contributed by atoms with E-state index in [0.29, 0.717) is 0 Å². The zero-order valence-electron chi connectivity index (χ0n) is 11.5. The Balaban J connectivity index is 2.09. The molecule has 3 N–H and O–H groups in total. The summed E-state index contributed by atoms with van der Waals surface area (Å²) in [6, 6.07) is 15.7. The van der Waals surface area contributed by atoms with Crippen molar-refractivity contribution in [1.29, 1.82) is 0 Å². The van der Waals surface area contributed by atoms with Gasteiger partial charge in [-0.25, -0.2) is 0 Å². The number of nitrogens with two attached hydrogens (primary N) is 1. The van der Waals surface area contributed by atoms with Crippen LogP contribution in [0.3, 0.4) is 0 Å². The lowest BCUT2D eigenvalue weighted by Crippen LogP contribution is -2.14. The van der Waals surface area contributed by atoms with Gasteiger partial charge in [-0.15, -0.1) is 0 Å². The van der Waals surface area contributed by atoms with Gasteiger partial charge in [0.15, 0.2) is 0 Å². The zero-order valence-corrected chi connectivity index (χ0v) is 11.5. The molecule has 104 valence electrons. The van der Waals surface area contributed by atoms with Crippen LogP contribution in [0.1, 0.15) is 34.7 Å². The molecule has 0 fully saturated rings. The van der Waals surface area contributed by atoms with Gasteiger partial charge in [0.1, 0.15) is 0 Å². The Bertz CT molecular complexity index is 590. The number of hydrogen-bond donors (Lipinski definition) is 2. The molecule has 0 saturated heterocycles. The van der Waals surface area contributed by atoms with Crippen LogP contribution in [0.15, 0.2) is 48.5 Å². The fourth-order valence-electron chi connectivity index (χ4n) is 2.22. The second kappa shape index (κ2) is 6.35. The van der Waals surface area contributed by atoms with E-state index in [1.165, 1.54) is 16.7 Å². The van der Waals surface area contributed by atoms with Crippen molar-refractivity contribution in [3.05, 3.63) is 70.8 Å². The fourth-order valence-corrected chi connectivity index (χ4v) is 2.22. The topological polar surface area (TPSA) is 63.3 Å². The van der Waals surface area contributed by atoms with Crippen molar-refractivity contribution in [2.24, 2.45) is 5.73 Å². The van der Waals surface area contributed by atoms with Crippen LogP contribution in [0.4, 0.5) is 0 Å². The first-order valence-electron chi connectivity index (χ1n) is 6.67. The normalized spacial score (nSPS) is 12.1. The van der Waals surface area contributed by atoms with Crippen LogP contribution in [0.2, 0.25) is 0 Å². The van der Waals surface area contributed by atoms with Crippen LogP contribution in [-0.4, -0.2) is 11.1 Å². The van der Waals surface area contributed by atoms with Crippen molar-refractivity contribution < 1.29 is 9.90 Å². The number of aliphatic carboxylic acids is 1. The standard InChI is InChI=1S/C17H19NO2/c1-12-4-2-3-5-15(12)10-13-6-8-14(9-7-13)16(18)11-17(19)20/h2-9,16H,10-11,18H2,1H3,(H,19,20)/t16-/m0/s1. The predicted molar refractivity (Wildman–Crippen MR) is 79.6 cm³/mol. The molecular formula is C17H19NO2. The summed E-state index contributed by atoms with van der Waals surface area (Å²) in [5.74, 6) is -0.874. The van der Waals surface area contributed by atoms with Gasteiger partial charge in [-0.05, 0) is 35.6 Å². The number of carboxylic acids is 1. The van der Waals surface area contributed by atoms with Crippen LogP contribution in [0.5, 0.6) is 0 Å². The van der Waals surface area contributed by atoms with Crippen LogP contribution in [0, 0.1) is 6.92 Å². The van der Waals surface area contributed by atoms with Gasteiger partial charge in [-0.2, -0.15) is 0 Å². The van der Waals surface area contributed by atoms with Gasteiger partial charge < -0.3 is 10.8 Å². The van der Waals surface area contributed by atoms with Gasteiger partial charge in [0.25, 0.3) is 0 Å². The minimum Gasteiger partial charge on any atom is -0.481 e. The molecule has 0 spiro atoms. The first kappa shape index (κ1) is 14.3. The van der Waals surface area contributed by atoms with Crippen LogP contribution < -0.4 is 5.73 Å². The highest BCUT2D eigenvalue weighted by molar-refractivity contribution is 5.67. The number of carboxylic acid groups (broad SMARTS) is 1. The van der Waals surface area contributed by atoms with E-state index in [-0.39, 0.29) is 6.42 Å². The maximum absolute atomic E-state index is 10.6. The highest BCUT2D eigenvalue weighted by atomic mass is 16.4. The average Bonchev–Trinajstić information content (AvgIpc) is 2.41. The Labute approximate surface area is 119 Å². The molecule has 0 aromatic heterocycles. The molecule has 0 unspecified atom stereocenters. The molecule has 0 bridgehead atoms. The second-order valence-electron chi connectivity index (χ2n) is 5.05. The van der Waals surface area contributed by atoms with E-state index >= 15 is 0 Å². The summed E-state index contributed by atoms with van der Waals surface area (Å²) in [4.78, 5) is 10.6. The molecule has 2 aromatic carbocycles. The van der Waals surface area contributed by atoms with E-state index in [0.717, 1.165) is 12.0 Å². The summed E-state index contributed by atoms with van der Waals surface area (Å²) >= 11 is 0. The van der Waals surface area contributed by atoms with Gasteiger partial charge in [0.2, 0.25) is 0 Å². The maximum Gasteiger partial charge on any atom is 0.305 e. The van der Waals surface area contributed by atoms with Gasteiger partial charge in [-0.1, -0.05) is 48.5 Å². The quantitative estimate of drug-likeness (QED) is 0.876. The van der Waals surface area contributed by atoms with Crippen LogP contribution in [0.25, 0.3) is 0 Å². The SMILES string of the molecule is Cc1ccccc1Cc1ccc([C@@H](N)CC(=O)O)cc1. The second-order valence-corrected chi connectivity index (χ2v) is 5.05. The summed E-state index contributed by atoms with van der Waals surface area (Å²) in [5.41, 5.74) is 10.5. The van der Waals surface area contributed by atoms with E-state index in [2.05, 4.69) is 19.1 Å². The maximum atomic E-state index is 10.6. The number of aryl methyl sites for hydroxylation is 1. The molecule has 0 aliphatic carbocycles. The number of hydrogen-bond acceptors (Lipinski definition) is 2. The van der Waals surface area contributed by atoms with Gasteiger partial charge >= 0.3 is 5.97 Å². The Hall–Kier alpha value is -2.13. The number of carbonyl (C=O) groups is 1. The monoisotopic (exact) mass is 269 g/mol. The molecule has 20 heavy (non-hydrogen) atoms. The first-order chi connectivity index (χ1) is 9.56.